The molecule has 0 unspecified atom stereocenters. The van der Waals surface area contributed by atoms with Crippen molar-refractivity contribution in [1.29, 1.82) is 0 Å². The average molecular weight is 301 g/mol. The fourth-order valence-electron chi connectivity index (χ4n) is 1.36. The van der Waals surface area contributed by atoms with Crippen molar-refractivity contribution in [2.24, 2.45) is 0 Å². The number of rotatable bonds is 3. The van der Waals surface area contributed by atoms with Crippen molar-refractivity contribution in [2.45, 2.75) is 19.9 Å². The van der Waals surface area contributed by atoms with Gasteiger partial charge in [-0.15, -0.1) is 6.42 Å². The minimum Gasteiger partial charge on any atom is -0.335 e. The highest BCUT2D eigenvalue weighted by Crippen LogP contribution is 2.25. The highest BCUT2D eigenvalue weighted by molar-refractivity contribution is 7.80. The summed E-state index contributed by atoms with van der Waals surface area (Å²) in [4.78, 5) is 1.91. The molecule has 0 heterocycles. The summed E-state index contributed by atoms with van der Waals surface area (Å²) in [6.45, 7) is 4.52. The molecule has 2 nitrogen and oxygen atoms in total. The molecule has 1 aromatic carbocycles. The van der Waals surface area contributed by atoms with Crippen molar-refractivity contribution < 1.29 is 0 Å². The van der Waals surface area contributed by atoms with Crippen LogP contribution in [-0.2, 0) is 0 Å². The quantitative estimate of drug-likeness (QED) is 0.670. The number of halogens is 2. The summed E-state index contributed by atoms with van der Waals surface area (Å²) in [5, 5.41) is 4.66. The van der Waals surface area contributed by atoms with Crippen molar-refractivity contribution >= 4 is 46.2 Å². The van der Waals surface area contributed by atoms with Crippen LogP contribution in [-0.4, -0.2) is 22.6 Å². The monoisotopic (exact) mass is 300 g/mol. The molecule has 0 atom stereocenters. The van der Waals surface area contributed by atoms with E-state index < -0.39 is 0 Å². The van der Waals surface area contributed by atoms with E-state index in [1.165, 1.54) is 0 Å². The van der Waals surface area contributed by atoms with Crippen molar-refractivity contribution in [3.05, 3.63) is 28.2 Å². The summed E-state index contributed by atoms with van der Waals surface area (Å²) in [6.07, 6.45) is 5.32. The van der Waals surface area contributed by atoms with Crippen LogP contribution < -0.4 is 5.32 Å². The van der Waals surface area contributed by atoms with Gasteiger partial charge >= 0.3 is 0 Å². The molecule has 18 heavy (non-hydrogen) atoms. The largest absolute Gasteiger partial charge is 0.335 e. The first-order chi connectivity index (χ1) is 8.45. The lowest BCUT2D eigenvalue weighted by Gasteiger charge is -2.27. The van der Waals surface area contributed by atoms with Crippen LogP contribution in [0.3, 0.4) is 0 Å². The first-order valence-electron chi connectivity index (χ1n) is 5.42. The molecule has 0 radical (unpaired) electrons. The Morgan fingerprint density at radius 3 is 2.61 bits per heavy atom. The maximum Gasteiger partial charge on any atom is 0.174 e. The zero-order valence-corrected chi connectivity index (χ0v) is 12.5. The lowest BCUT2D eigenvalue weighted by atomic mass is 10.3. The molecule has 0 fully saturated rings. The number of hydrogen-bond acceptors (Lipinski definition) is 1. The maximum absolute atomic E-state index is 5.94. The molecule has 0 saturated carbocycles. The molecular weight excluding hydrogens is 287 g/mol. The van der Waals surface area contributed by atoms with Crippen LogP contribution in [0.15, 0.2) is 18.2 Å². The second-order valence-corrected chi connectivity index (χ2v) is 5.19. The predicted molar refractivity (Wildman–Crippen MR) is 83.4 cm³/mol. The van der Waals surface area contributed by atoms with Gasteiger partial charge in [0.1, 0.15) is 0 Å². The third kappa shape index (κ3) is 4.06. The highest BCUT2D eigenvalue weighted by Gasteiger charge is 2.12. The summed E-state index contributed by atoms with van der Waals surface area (Å²) in [7, 11) is 0. The fraction of sp³-hybridized carbons (Fsp3) is 0.308. The Bertz CT molecular complexity index is 480. The second-order valence-electron chi connectivity index (χ2n) is 3.98. The summed E-state index contributed by atoms with van der Waals surface area (Å²) < 4.78 is 0. The van der Waals surface area contributed by atoms with Gasteiger partial charge in [0.25, 0.3) is 0 Å². The minimum atomic E-state index is 0.226. The Balaban J connectivity index is 2.80. The van der Waals surface area contributed by atoms with Gasteiger partial charge in [0.05, 0.1) is 16.6 Å². The van der Waals surface area contributed by atoms with Crippen molar-refractivity contribution in [2.75, 3.05) is 11.9 Å². The molecule has 0 bridgehead atoms. The van der Waals surface area contributed by atoms with Crippen LogP contribution in [0.4, 0.5) is 5.69 Å². The zero-order valence-electron chi connectivity index (χ0n) is 10.2. The molecule has 0 spiro atoms. The van der Waals surface area contributed by atoms with Gasteiger partial charge in [0, 0.05) is 11.7 Å². The standard InChI is InChI=1S/C13H14Cl2N2S/c1-4-7-17(9(2)3)13(18)16-10-5-6-11(14)12(15)8-10/h1,5-6,8-9H,7H2,2-3H3,(H,16,18). The number of hydrogen-bond donors (Lipinski definition) is 1. The number of nitrogens with one attached hydrogen (secondary N) is 1. The van der Waals surface area contributed by atoms with E-state index in [4.69, 9.17) is 41.8 Å². The maximum atomic E-state index is 5.94. The summed E-state index contributed by atoms with van der Waals surface area (Å²) in [5.74, 6) is 2.59. The predicted octanol–water partition coefficient (Wildman–Crippen LogP) is 4.03. The molecule has 0 aromatic heterocycles. The van der Waals surface area contributed by atoms with Crippen molar-refractivity contribution in [3.63, 3.8) is 0 Å². The first-order valence-corrected chi connectivity index (χ1v) is 6.58. The lowest BCUT2D eigenvalue weighted by Crippen LogP contribution is -2.40. The zero-order chi connectivity index (χ0) is 13.7. The third-order valence-corrected chi connectivity index (χ3v) is 3.39. The fourth-order valence-corrected chi connectivity index (χ4v) is 2.05. The minimum absolute atomic E-state index is 0.226. The molecule has 1 rings (SSSR count). The third-order valence-electron chi connectivity index (χ3n) is 2.32. The molecular formula is C13H14Cl2N2S. The number of nitrogens with zero attached hydrogens (tertiary/aromatic N) is 1. The van der Waals surface area contributed by atoms with Gasteiger partial charge in [-0.2, -0.15) is 0 Å². The Labute approximate surface area is 123 Å². The van der Waals surface area contributed by atoms with E-state index >= 15 is 0 Å². The van der Waals surface area contributed by atoms with E-state index in [-0.39, 0.29) is 6.04 Å². The molecule has 0 aliphatic heterocycles. The molecule has 96 valence electrons. The first kappa shape index (κ1) is 15.1. The average Bonchev–Trinajstić information content (AvgIpc) is 2.30. The van der Waals surface area contributed by atoms with Gasteiger partial charge in [-0.1, -0.05) is 29.1 Å². The van der Waals surface area contributed by atoms with Gasteiger partial charge in [-0.25, -0.2) is 0 Å². The Kier molecular flexibility index (Phi) is 5.74. The number of benzene rings is 1. The van der Waals surface area contributed by atoms with E-state index in [1.54, 1.807) is 12.1 Å². The van der Waals surface area contributed by atoms with Crippen molar-refractivity contribution in [1.82, 2.24) is 4.90 Å². The normalized spacial score (nSPS) is 10.0. The van der Waals surface area contributed by atoms with Crippen LogP contribution in [0, 0.1) is 12.3 Å². The summed E-state index contributed by atoms with van der Waals surface area (Å²) in [5.41, 5.74) is 0.789. The number of thiocarbonyl (C=S) groups is 1. The van der Waals surface area contributed by atoms with Crippen LogP contribution in [0.25, 0.3) is 0 Å². The van der Waals surface area contributed by atoms with Crippen LogP contribution in [0.2, 0.25) is 10.0 Å². The Hall–Kier alpha value is -0.950. The van der Waals surface area contributed by atoms with E-state index in [9.17, 15) is 0 Å². The van der Waals surface area contributed by atoms with Crippen LogP contribution in [0.5, 0.6) is 0 Å². The topological polar surface area (TPSA) is 15.3 Å². The molecule has 0 aliphatic rings. The molecule has 0 amide bonds. The second kappa shape index (κ2) is 6.84. The highest BCUT2D eigenvalue weighted by atomic mass is 35.5. The Morgan fingerprint density at radius 1 is 1.44 bits per heavy atom. The van der Waals surface area contributed by atoms with E-state index in [1.807, 2.05) is 24.8 Å². The van der Waals surface area contributed by atoms with Crippen LogP contribution >= 0.6 is 35.4 Å². The molecule has 1 aromatic rings. The smallest absolute Gasteiger partial charge is 0.174 e. The van der Waals surface area contributed by atoms with Gasteiger partial charge in [0.2, 0.25) is 0 Å². The molecule has 1 N–H and O–H groups in total. The SMILES string of the molecule is C#CCN(C(=S)Nc1ccc(Cl)c(Cl)c1)C(C)C. The summed E-state index contributed by atoms with van der Waals surface area (Å²) >= 11 is 17.1. The van der Waals surface area contributed by atoms with Gasteiger partial charge in [-0.05, 0) is 44.3 Å². The molecule has 0 aliphatic carbocycles. The summed E-state index contributed by atoms with van der Waals surface area (Å²) in [6, 6.07) is 5.48. The molecule has 0 saturated heterocycles. The van der Waals surface area contributed by atoms with Gasteiger partial charge in [0.15, 0.2) is 5.11 Å². The Morgan fingerprint density at radius 2 is 2.11 bits per heavy atom. The van der Waals surface area contributed by atoms with E-state index in [2.05, 4.69) is 11.2 Å². The lowest BCUT2D eigenvalue weighted by molar-refractivity contribution is 0.394. The molecule has 5 heteroatoms. The van der Waals surface area contributed by atoms with Crippen LogP contribution in [0.1, 0.15) is 13.8 Å². The number of terminal acetylenes is 1. The van der Waals surface area contributed by atoms with E-state index in [0.29, 0.717) is 21.7 Å². The number of anilines is 1. The van der Waals surface area contributed by atoms with Gasteiger partial charge < -0.3 is 10.2 Å². The van der Waals surface area contributed by atoms with Gasteiger partial charge in [-0.3, -0.25) is 0 Å². The van der Waals surface area contributed by atoms with Crippen molar-refractivity contribution in [3.8, 4) is 12.3 Å². The van der Waals surface area contributed by atoms with E-state index in [0.717, 1.165) is 5.69 Å².